The van der Waals surface area contributed by atoms with Gasteiger partial charge in [-0.3, -0.25) is 9.69 Å². The Balaban J connectivity index is 1.59. The highest BCUT2D eigenvalue weighted by molar-refractivity contribution is 6.01. The number of rotatable bonds is 7. The summed E-state index contributed by atoms with van der Waals surface area (Å²) in [7, 11) is 1.35. The Bertz CT molecular complexity index is 607. The molecular weight excluding hydrogens is 316 g/mol. The van der Waals surface area contributed by atoms with Crippen LogP contribution in [0.15, 0.2) is 24.3 Å². The topological polar surface area (TPSA) is 58.6 Å². The second kappa shape index (κ2) is 8.48. The van der Waals surface area contributed by atoms with Crippen molar-refractivity contribution in [1.29, 1.82) is 0 Å². The summed E-state index contributed by atoms with van der Waals surface area (Å²) in [5, 5.41) is 2.89. The van der Waals surface area contributed by atoms with Crippen molar-refractivity contribution in [2.75, 3.05) is 25.5 Å². The van der Waals surface area contributed by atoms with E-state index in [-0.39, 0.29) is 5.91 Å². The molecule has 2 aliphatic rings. The van der Waals surface area contributed by atoms with Gasteiger partial charge in [-0.1, -0.05) is 31.4 Å². The van der Waals surface area contributed by atoms with E-state index in [1.165, 1.54) is 52.1 Å². The normalized spacial score (nSPS) is 18.2. The van der Waals surface area contributed by atoms with Gasteiger partial charge in [0.1, 0.15) is 0 Å². The van der Waals surface area contributed by atoms with Crippen molar-refractivity contribution in [2.45, 2.75) is 51.0 Å². The molecule has 0 radical (unpaired) electrons. The van der Waals surface area contributed by atoms with E-state index < -0.39 is 5.97 Å². The number of amides is 1. The van der Waals surface area contributed by atoms with E-state index in [2.05, 4.69) is 10.2 Å². The standard InChI is InChI=1S/C20H28N2O3/c1-25-20(24)17-9-5-6-10-18(17)21-19(23)14-22(16-11-12-16)13-15-7-3-2-4-8-15/h5-6,9-10,15-16H,2-4,7-8,11-14H2,1H3,(H,21,23). The van der Waals surface area contributed by atoms with Crippen molar-refractivity contribution in [1.82, 2.24) is 4.90 Å². The molecule has 1 N–H and O–H groups in total. The van der Waals surface area contributed by atoms with E-state index in [1.54, 1.807) is 18.2 Å². The van der Waals surface area contributed by atoms with Gasteiger partial charge < -0.3 is 10.1 Å². The van der Waals surface area contributed by atoms with Crippen molar-refractivity contribution >= 4 is 17.6 Å². The molecule has 25 heavy (non-hydrogen) atoms. The van der Waals surface area contributed by atoms with E-state index in [0.717, 1.165) is 12.5 Å². The molecule has 0 spiro atoms. The summed E-state index contributed by atoms with van der Waals surface area (Å²) in [5.74, 6) is 0.237. The van der Waals surface area contributed by atoms with Gasteiger partial charge in [0.15, 0.2) is 0 Å². The van der Waals surface area contributed by atoms with Gasteiger partial charge in [0.25, 0.3) is 0 Å². The second-order valence-corrected chi connectivity index (χ2v) is 7.25. The van der Waals surface area contributed by atoms with E-state index >= 15 is 0 Å². The third-order valence-corrected chi connectivity index (χ3v) is 5.23. The number of hydrogen-bond acceptors (Lipinski definition) is 4. The minimum atomic E-state index is -0.433. The van der Waals surface area contributed by atoms with Crippen molar-refractivity contribution in [3.05, 3.63) is 29.8 Å². The van der Waals surface area contributed by atoms with Crippen LogP contribution in [-0.4, -0.2) is 43.0 Å². The first-order valence-corrected chi connectivity index (χ1v) is 9.38. The molecule has 3 rings (SSSR count). The van der Waals surface area contributed by atoms with Gasteiger partial charge in [-0.2, -0.15) is 0 Å². The zero-order valence-electron chi connectivity index (χ0n) is 15.0. The molecule has 136 valence electrons. The number of methoxy groups -OCH3 is 1. The predicted molar refractivity (Wildman–Crippen MR) is 97.6 cm³/mol. The fourth-order valence-corrected chi connectivity index (χ4v) is 3.74. The molecule has 2 fully saturated rings. The first-order valence-electron chi connectivity index (χ1n) is 9.38. The number of nitrogens with zero attached hydrogens (tertiary/aromatic N) is 1. The molecule has 1 amide bonds. The lowest BCUT2D eigenvalue weighted by atomic mass is 9.89. The summed E-state index contributed by atoms with van der Waals surface area (Å²) in [6.45, 7) is 1.42. The van der Waals surface area contributed by atoms with Gasteiger partial charge in [0, 0.05) is 12.6 Å². The number of anilines is 1. The monoisotopic (exact) mass is 344 g/mol. The van der Waals surface area contributed by atoms with Gasteiger partial charge in [0.2, 0.25) is 5.91 Å². The number of esters is 1. The second-order valence-electron chi connectivity index (χ2n) is 7.25. The molecule has 0 aromatic heterocycles. The summed E-state index contributed by atoms with van der Waals surface area (Å²) < 4.78 is 4.79. The molecule has 0 aliphatic heterocycles. The van der Waals surface area contributed by atoms with Crippen LogP contribution in [0.25, 0.3) is 0 Å². The van der Waals surface area contributed by atoms with Crippen molar-refractivity contribution < 1.29 is 14.3 Å². The maximum atomic E-state index is 12.6. The summed E-state index contributed by atoms with van der Waals surface area (Å²) in [5.41, 5.74) is 0.913. The lowest BCUT2D eigenvalue weighted by Gasteiger charge is -2.29. The minimum absolute atomic E-state index is 0.0564. The number of hydrogen-bond donors (Lipinski definition) is 1. The number of ether oxygens (including phenoxy) is 1. The maximum absolute atomic E-state index is 12.6. The highest BCUT2D eigenvalue weighted by Crippen LogP contribution is 2.31. The number of benzene rings is 1. The van der Waals surface area contributed by atoms with Crippen LogP contribution in [0.4, 0.5) is 5.69 Å². The molecule has 0 bridgehead atoms. The van der Waals surface area contributed by atoms with Crippen LogP contribution < -0.4 is 5.32 Å². The van der Waals surface area contributed by atoms with Gasteiger partial charge >= 0.3 is 5.97 Å². The zero-order chi connectivity index (χ0) is 17.6. The van der Waals surface area contributed by atoms with Crippen LogP contribution in [0, 0.1) is 5.92 Å². The quantitative estimate of drug-likeness (QED) is 0.770. The molecule has 0 atom stereocenters. The molecule has 1 aromatic rings. The Morgan fingerprint density at radius 2 is 1.84 bits per heavy atom. The Labute approximate surface area is 149 Å². The highest BCUT2D eigenvalue weighted by Gasteiger charge is 2.32. The summed E-state index contributed by atoms with van der Waals surface area (Å²) in [6, 6.07) is 7.54. The summed E-state index contributed by atoms with van der Waals surface area (Å²) in [6.07, 6.45) is 8.96. The number of nitrogens with one attached hydrogen (secondary N) is 1. The van der Waals surface area contributed by atoms with Crippen LogP contribution in [0.5, 0.6) is 0 Å². The third kappa shape index (κ3) is 5.05. The van der Waals surface area contributed by atoms with Crippen molar-refractivity contribution in [3.63, 3.8) is 0 Å². The Kier molecular flexibility index (Phi) is 6.08. The van der Waals surface area contributed by atoms with Gasteiger partial charge in [0.05, 0.1) is 24.9 Å². The molecular formula is C20H28N2O3. The van der Waals surface area contributed by atoms with Crippen LogP contribution in [-0.2, 0) is 9.53 Å². The van der Waals surface area contributed by atoms with Crippen LogP contribution in [0.3, 0.4) is 0 Å². The van der Waals surface area contributed by atoms with Crippen LogP contribution in [0.2, 0.25) is 0 Å². The SMILES string of the molecule is COC(=O)c1ccccc1NC(=O)CN(CC1CCCCC1)C1CC1. The largest absolute Gasteiger partial charge is 0.465 e. The van der Waals surface area contributed by atoms with Gasteiger partial charge in [-0.25, -0.2) is 4.79 Å². The molecule has 0 saturated heterocycles. The van der Waals surface area contributed by atoms with E-state index in [4.69, 9.17) is 4.74 Å². The molecule has 2 saturated carbocycles. The van der Waals surface area contributed by atoms with E-state index in [1.807, 2.05) is 6.07 Å². The highest BCUT2D eigenvalue weighted by atomic mass is 16.5. The Morgan fingerprint density at radius 3 is 2.52 bits per heavy atom. The lowest BCUT2D eigenvalue weighted by molar-refractivity contribution is -0.117. The van der Waals surface area contributed by atoms with E-state index in [9.17, 15) is 9.59 Å². The summed E-state index contributed by atoms with van der Waals surface area (Å²) in [4.78, 5) is 26.7. The first kappa shape index (κ1) is 17.9. The van der Waals surface area contributed by atoms with Crippen LogP contribution >= 0.6 is 0 Å². The fraction of sp³-hybridized carbons (Fsp3) is 0.600. The first-order chi connectivity index (χ1) is 12.2. The molecule has 0 heterocycles. The predicted octanol–water partition coefficient (Wildman–Crippen LogP) is 3.46. The van der Waals surface area contributed by atoms with Gasteiger partial charge in [-0.05, 0) is 43.7 Å². The van der Waals surface area contributed by atoms with Gasteiger partial charge in [-0.15, -0.1) is 0 Å². The van der Waals surface area contributed by atoms with E-state index in [0.29, 0.717) is 23.8 Å². The molecule has 1 aromatic carbocycles. The smallest absolute Gasteiger partial charge is 0.339 e. The molecule has 2 aliphatic carbocycles. The number of carbonyl (C=O) groups excluding carboxylic acids is 2. The minimum Gasteiger partial charge on any atom is -0.465 e. The van der Waals surface area contributed by atoms with Crippen LogP contribution in [0.1, 0.15) is 55.3 Å². The lowest BCUT2D eigenvalue weighted by Crippen LogP contribution is -2.38. The Hall–Kier alpha value is -1.88. The van der Waals surface area contributed by atoms with Crippen molar-refractivity contribution in [3.8, 4) is 0 Å². The number of carbonyl (C=O) groups is 2. The third-order valence-electron chi connectivity index (χ3n) is 5.23. The summed E-state index contributed by atoms with van der Waals surface area (Å²) >= 11 is 0. The fourth-order valence-electron chi connectivity index (χ4n) is 3.74. The Morgan fingerprint density at radius 1 is 1.12 bits per heavy atom. The zero-order valence-corrected chi connectivity index (χ0v) is 15.0. The molecule has 5 nitrogen and oxygen atoms in total. The number of para-hydroxylation sites is 1. The molecule has 0 unspecified atom stereocenters. The average molecular weight is 344 g/mol. The van der Waals surface area contributed by atoms with Crippen molar-refractivity contribution in [2.24, 2.45) is 5.92 Å². The molecule has 5 heteroatoms. The average Bonchev–Trinajstić information content (AvgIpc) is 3.47. The maximum Gasteiger partial charge on any atom is 0.339 e.